The van der Waals surface area contributed by atoms with Crippen LogP contribution >= 0.6 is 27.5 Å². The first-order valence-electron chi connectivity index (χ1n) is 9.00. The molecule has 1 aliphatic heterocycles. The normalized spacial score (nSPS) is 18.4. The molecule has 0 radical (unpaired) electrons. The van der Waals surface area contributed by atoms with E-state index >= 15 is 0 Å². The molecule has 0 aromatic heterocycles. The van der Waals surface area contributed by atoms with Crippen LogP contribution < -0.4 is 10.7 Å². The minimum Gasteiger partial charge on any atom is -0.306 e. The van der Waals surface area contributed by atoms with Crippen LogP contribution in [0, 0.1) is 0 Å². The number of nitrogens with zero attached hydrogens (tertiary/aromatic N) is 1. The molecule has 1 saturated heterocycles. The van der Waals surface area contributed by atoms with E-state index in [0.717, 1.165) is 10.0 Å². The highest BCUT2D eigenvalue weighted by Gasteiger charge is 2.45. The van der Waals surface area contributed by atoms with Crippen molar-refractivity contribution in [1.82, 2.24) is 10.4 Å². The number of urea groups is 1. The molecule has 3 aromatic carbocycles. The van der Waals surface area contributed by atoms with Crippen molar-refractivity contribution in [2.75, 3.05) is 5.32 Å². The zero-order chi connectivity index (χ0) is 20.4. The topological polar surface area (TPSA) is 61.4 Å². The molecule has 29 heavy (non-hydrogen) atoms. The summed E-state index contributed by atoms with van der Waals surface area (Å²) >= 11 is 9.82. The molecule has 0 bridgehead atoms. The third-order valence-electron chi connectivity index (χ3n) is 4.80. The molecule has 0 spiro atoms. The molecule has 0 aliphatic carbocycles. The standard InChI is InChI=1S/C22H17BrClN3O2/c23-15-10-12-16(13-11-15)25-22(29)27-20(17-8-4-5-9-18(17)24)19(21(28)26-27)14-6-2-1-3-7-14/h1-13,19-20H,(H,25,29)(H,26,28)/t19-,20-/m0/s1. The number of carbonyl (C=O) groups is 2. The summed E-state index contributed by atoms with van der Waals surface area (Å²) in [5.74, 6) is -0.834. The van der Waals surface area contributed by atoms with E-state index in [1.165, 1.54) is 5.01 Å². The monoisotopic (exact) mass is 469 g/mol. The largest absolute Gasteiger partial charge is 0.341 e. The highest BCUT2D eigenvalue weighted by molar-refractivity contribution is 9.10. The summed E-state index contributed by atoms with van der Waals surface area (Å²) in [6, 6.07) is 22.8. The molecule has 1 aliphatic rings. The second-order valence-corrected chi connectivity index (χ2v) is 7.96. The Labute approximate surface area is 181 Å². The van der Waals surface area contributed by atoms with Gasteiger partial charge in [-0.25, -0.2) is 9.80 Å². The lowest BCUT2D eigenvalue weighted by Gasteiger charge is -2.27. The van der Waals surface area contributed by atoms with Crippen LogP contribution in [0.2, 0.25) is 5.02 Å². The molecule has 5 nitrogen and oxygen atoms in total. The fourth-order valence-electron chi connectivity index (χ4n) is 3.47. The Kier molecular flexibility index (Phi) is 5.56. The number of benzene rings is 3. The number of carbonyl (C=O) groups excluding carboxylic acids is 2. The van der Waals surface area contributed by atoms with E-state index < -0.39 is 18.0 Å². The summed E-state index contributed by atoms with van der Waals surface area (Å²) in [7, 11) is 0. The van der Waals surface area contributed by atoms with Crippen LogP contribution in [0.15, 0.2) is 83.3 Å². The van der Waals surface area contributed by atoms with E-state index in [4.69, 9.17) is 11.6 Å². The van der Waals surface area contributed by atoms with Gasteiger partial charge in [0.25, 0.3) is 0 Å². The van der Waals surface area contributed by atoms with E-state index in [9.17, 15) is 9.59 Å². The molecule has 3 amide bonds. The molecule has 3 aromatic rings. The Morgan fingerprint density at radius 3 is 2.31 bits per heavy atom. The number of rotatable bonds is 3. The first-order chi connectivity index (χ1) is 14.0. The molecular weight excluding hydrogens is 454 g/mol. The van der Waals surface area contributed by atoms with Crippen LogP contribution in [0.3, 0.4) is 0 Å². The predicted octanol–water partition coefficient (Wildman–Crippen LogP) is 5.51. The Bertz CT molecular complexity index is 1040. The highest BCUT2D eigenvalue weighted by Crippen LogP contribution is 2.42. The minimum atomic E-state index is -0.589. The molecule has 0 saturated carbocycles. The Morgan fingerprint density at radius 1 is 0.966 bits per heavy atom. The third-order valence-corrected chi connectivity index (χ3v) is 5.68. The van der Waals surface area contributed by atoms with Gasteiger partial charge in [-0.2, -0.15) is 0 Å². The van der Waals surface area contributed by atoms with Crippen molar-refractivity contribution in [1.29, 1.82) is 0 Å². The Balaban J connectivity index is 1.72. The van der Waals surface area contributed by atoms with Crippen LogP contribution in [-0.2, 0) is 4.79 Å². The van der Waals surface area contributed by atoms with Gasteiger partial charge in [0.2, 0.25) is 5.91 Å². The number of amides is 3. The first-order valence-corrected chi connectivity index (χ1v) is 10.2. The van der Waals surface area contributed by atoms with Gasteiger partial charge < -0.3 is 5.32 Å². The van der Waals surface area contributed by atoms with Crippen molar-refractivity contribution in [3.8, 4) is 0 Å². The van der Waals surface area contributed by atoms with Crippen LogP contribution in [-0.4, -0.2) is 16.9 Å². The van der Waals surface area contributed by atoms with Gasteiger partial charge in [-0.15, -0.1) is 0 Å². The molecular formula is C22H17BrClN3O2. The fourth-order valence-corrected chi connectivity index (χ4v) is 3.98. The molecule has 2 N–H and O–H groups in total. The smallest absolute Gasteiger partial charge is 0.306 e. The minimum absolute atomic E-state index is 0.257. The van der Waals surface area contributed by atoms with Gasteiger partial charge in [0.15, 0.2) is 0 Å². The highest BCUT2D eigenvalue weighted by atomic mass is 79.9. The van der Waals surface area contributed by atoms with Gasteiger partial charge in [0.1, 0.15) is 0 Å². The maximum absolute atomic E-state index is 13.1. The van der Waals surface area contributed by atoms with Gasteiger partial charge in [0, 0.05) is 15.2 Å². The summed E-state index contributed by atoms with van der Waals surface area (Å²) in [5, 5.41) is 4.65. The summed E-state index contributed by atoms with van der Waals surface area (Å²) < 4.78 is 0.906. The second-order valence-electron chi connectivity index (χ2n) is 6.64. The number of hydrogen-bond acceptors (Lipinski definition) is 2. The van der Waals surface area contributed by atoms with Crippen LogP contribution in [0.4, 0.5) is 10.5 Å². The van der Waals surface area contributed by atoms with E-state index in [1.54, 1.807) is 18.2 Å². The zero-order valence-electron chi connectivity index (χ0n) is 15.2. The fraction of sp³-hybridized carbons (Fsp3) is 0.0909. The van der Waals surface area contributed by atoms with E-state index in [0.29, 0.717) is 16.3 Å². The van der Waals surface area contributed by atoms with Gasteiger partial charge in [-0.1, -0.05) is 76.1 Å². The lowest BCUT2D eigenvalue weighted by Crippen LogP contribution is -2.42. The number of nitrogens with one attached hydrogen (secondary N) is 2. The summed E-state index contributed by atoms with van der Waals surface area (Å²) in [4.78, 5) is 26.0. The number of halogens is 2. The summed E-state index contributed by atoms with van der Waals surface area (Å²) in [6.45, 7) is 0. The van der Waals surface area contributed by atoms with Crippen LogP contribution in [0.1, 0.15) is 23.1 Å². The van der Waals surface area contributed by atoms with Crippen molar-refractivity contribution >= 4 is 45.2 Å². The predicted molar refractivity (Wildman–Crippen MR) is 117 cm³/mol. The SMILES string of the molecule is O=C1NN(C(=O)Nc2ccc(Br)cc2)[C@@H](c2ccccc2Cl)[C@@H]1c1ccccc1. The maximum atomic E-state index is 13.1. The molecule has 1 fully saturated rings. The molecule has 7 heteroatoms. The zero-order valence-corrected chi connectivity index (χ0v) is 17.5. The average molecular weight is 471 g/mol. The van der Waals surface area contributed by atoms with Crippen molar-refractivity contribution in [3.63, 3.8) is 0 Å². The molecule has 2 atom stereocenters. The Morgan fingerprint density at radius 2 is 1.62 bits per heavy atom. The quantitative estimate of drug-likeness (QED) is 0.530. The van der Waals surface area contributed by atoms with E-state index in [1.807, 2.05) is 60.7 Å². The summed E-state index contributed by atoms with van der Waals surface area (Å²) in [5.41, 5.74) is 4.86. The summed E-state index contributed by atoms with van der Waals surface area (Å²) in [6.07, 6.45) is 0. The lowest BCUT2D eigenvalue weighted by atomic mass is 9.87. The van der Waals surface area contributed by atoms with Crippen LogP contribution in [0.25, 0.3) is 0 Å². The lowest BCUT2D eigenvalue weighted by molar-refractivity contribution is -0.121. The number of hydrogen-bond donors (Lipinski definition) is 2. The van der Waals surface area contributed by atoms with E-state index in [-0.39, 0.29) is 5.91 Å². The molecule has 1 heterocycles. The molecule has 4 rings (SSSR count). The van der Waals surface area contributed by atoms with Gasteiger partial charge >= 0.3 is 6.03 Å². The first kappa shape index (κ1) is 19.5. The van der Waals surface area contributed by atoms with Gasteiger partial charge in [-0.05, 0) is 41.5 Å². The van der Waals surface area contributed by atoms with Gasteiger partial charge in [0.05, 0.1) is 12.0 Å². The van der Waals surface area contributed by atoms with Crippen LogP contribution in [0.5, 0.6) is 0 Å². The van der Waals surface area contributed by atoms with Crippen molar-refractivity contribution in [2.45, 2.75) is 12.0 Å². The van der Waals surface area contributed by atoms with Gasteiger partial charge in [-0.3, -0.25) is 10.2 Å². The van der Waals surface area contributed by atoms with Crippen molar-refractivity contribution in [2.24, 2.45) is 0 Å². The van der Waals surface area contributed by atoms with Crippen molar-refractivity contribution < 1.29 is 9.59 Å². The number of anilines is 1. The third kappa shape index (κ3) is 3.99. The molecule has 146 valence electrons. The average Bonchev–Trinajstić information content (AvgIpc) is 3.08. The van der Waals surface area contributed by atoms with E-state index in [2.05, 4.69) is 26.7 Å². The maximum Gasteiger partial charge on any atom is 0.341 e. The number of hydrazine groups is 1. The van der Waals surface area contributed by atoms with Crippen molar-refractivity contribution in [3.05, 3.63) is 99.5 Å². The Hall–Kier alpha value is -2.83. The molecule has 0 unspecified atom stereocenters. The second kappa shape index (κ2) is 8.27.